The Balaban J connectivity index is 0.00000242. The van der Waals surface area contributed by atoms with Crippen LogP contribution in [-0.2, 0) is 6.61 Å². The minimum atomic E-state index is -0.202. The van der Waals surface area contributed by atoms with Gasteiger partial charge in [-0.15, -0.1) is 19.0 Å². The SMILES string of the molecule is C=C[C@H](N)c1ccc(OCc2ccccc2)c(OCC)c1.Cl. The number of rotatable bonds is 7. The minimum Gasteiger partial charge on any atom is -0.490 e. The van der Waals surface area contributed by atoms with E-state index in [0.717, 1.165) is 16.9 Å². The lowest BCUT2D eigenvalue weighted by molar-refractivity contribution is 0.269. The Morgan fingerprint density at radius 3 is 2.45 bits per heavy atom. The molecule has 22 heavy (non-hydrogen) atoms. The fourth-order valence-electron chi connectivity index (χ4n) is 1.99. The van der Waals surface area contributed by atoms with E-state index in [0.29, 0.717) is 19.0 Å². The summed E-state index contributed by atoms with van der Waals surface area (Å²) < 4.78 is 11.5. The van der Waals surface area contributed by atoms with Crippen LogP contribution >= 0.6 is 12.4 Å². The molecule has 3 nitrogen and oxygen atoms in total. The molecule has 0 fully saturated rings. The summed E-state index contributed by atoms with van der Waals surface area (Å²) in [4.78, 5) is 0. The van der Waals surface area contributed by atoms with Crippen LogP contribution in [0, 0.1) is 0 Å². The van der Waals surface area contributed by atoms with E-state index in [-0.39, 0.29) is 18.4 Å². The number of halogens is 1. The highest BCUT2D eigenvalue weighted by Crippen LogP contribution is 2.31. The van der Waals surface area contributed by atoms with Gasteiger partial charge in [0, 0.05) is 6.04 Å². The first-order valence-electron chi connectivity index (χ1n) is 7.06. The summed E-state index contributed by atoms with van der Waals surface area (Å²) in [6.45, 7) is 6.75. The second-order valence-electron chi connectivity index (χ2n) is 4.67. The van der Waals surface area contributed by atoms with Crippen LogP contribution in [-0.4, -0.2) is 6.61 Å². The lowest BCUT2D eigenvalue weighted by Gasteiger charge is -2.15. The highest BCUT2D eigenvalue weighted by Gasteiger charge is 2.09. The summed E-state index contributed by atoms with van der Waals surface area (Å²) in [6, 6.07) is 15.6. The zero-order valence-corrected chi connectivity index (χ0v) is 13.5. The average molecular weight is 320 g/mol. The van der Waals surface area contributed by atoms with E-state index in [1.165, 1.54) is 0 Å². The van der Waals surface area contributed by atoms with Crippen molar-refractivity contribution >= 4 is 12.4 Å². The van der Waals surface area contributed by atoms with Crippen molar-refractivity contribution in [2.45, 2.75) is 19.6 Å². The van der Waals surface area contributed by atoms with Crippen molar-refractivity contribution in [2.75, 3.05) is 6.61 Å². The molecular formula is C18H22ClNO2. The summed E-state index contributed by atoms with van der Waals surface area (Å²) in [5.41, 5.74) is 8.04. The highest BCUT2D eigenvalue weighted by molar-refractivity contribution is 5.85. The second kappa shape index (κ2) is 9.13. The van der Waals surface area contributed by atoms with Crippen LogP contribution in [0.1, 0.15) is 24.1 Å². The number of hydrogen-bond acceptors (Lipinski definition) is 3. The molecule has 0 aliphatic carbocycles. The molecule has 0 radical (unpaired) electrons. The first kappa shape index (κ1) is 18.1. The summed E-state index contributed by atoms with van der Waals surface area (Å²) in [5.74, 6) is 1.43. The third-order valence-electron chi connectivity index (χ3n) is 3.14. The fraction of sp³-hybridized carbons (Fsp3) is 0.222. The molecule has 0 aliphatic heterocycles. The Morgan fingerprint density at radius 1 is 1.09 bits per heavy atom. The Labute approximate surface area is 138 Å². The van der Waals surface area contributed by atoms with E-state index in [2.05, 4.69) is 6.58 Å². The van der Waals surface area contributed by atoms with Crippen LogP contribution in [0.4, 0.5) is 0 Å². The molecule has 1 atom stereocenters. The van der Waals surface area contributed by atoms with Gasteiger partial charge in [0.05, 0.1) is 6.61 Å². The lowest BCUT2D eigenvalue weighted by atomic mass is 10.1. The van der Waals surface area contributed by atoms with Gasteiger partial charge in [0.25, 0.3) is 0 Å². The van der Waals surface area contributed by atoms with E-state index in [4.69, 9.17) is 15.2 Å². The molecule has 4 heteroatoms. The second-order valence-corrected chi connectivity index (χ2v) is 4.67. The van der Waals surface area contributed by atoms with Crippen LogP contribution in [0.2, 0.25) is 0 Å². The van der Waals surface area contributed by atoms with Gasteiger partial charge in [0.2, 0.25) is 0 Å². The van der Waals surface area contributed by atoms with Gasteiger partial charge in [-0.3, -0.25) is 0 Å². The molecule has 0 amide bonds. The maximum Gasteiger partial charge on any atom is 0.161 e. The van der Waals surface area contributed by atoms with Gasteiger partial charge in [0.1, 0.15) is 6.61 Å². The molecule has 2 rings (SSSR count). The predicted molar refractivity (Wildman–Crippen MR) is 92.8 cm³/mol. The van der Waals surface area contributed by atoms with Gasteiger partial charge in [-0.1, -0.05) is 42.5 Å². The van der Waals surface area contributed by atoms with Gasteiger partial charge < -0.3 is 15.2 Å². The van der Waals surface area contributed by atoms with Gasteiger partial charge in [-0.05, 0) is 30.2 Å². The molecule has 2 aromatic carbocycles. The number of ether oxygens (including phenoxy) is 2. The molecule has 2 aromatic rings. The summed E-state index contributed by atoms with van der Waals surface area (Å²) in [5, 5.41) is 0. The van der Waals surface area contributed by atoms with Crippen molar-refractivity contribution < 1.29 is 9.47 Å². The predicted octanol–water partition coefficient (Wildman–Crippen LogP) is 4.27. The molecular weight excluding hydrogens is 298 g/mol. The van der Waals surface area contributed by atoms with Gasteiger partial charge in [0.15, 0.2) is 11.5 Å². The standard InChI is InChI=1S/C18H21NO2.ClH/c1-3-16(19)15-10-11-17(18(12-15)20-4-2)21-13-14-8-6-5-7-9-14;/h3,5-12,16H,1,4,13,19H2,2H3;1H/t16-;/m0./s1. The topological polar surface area (TPSA) is 44.5 Å². The van der Waals surface area contributed by atoms with Crippen LogP contribution in [0.3, 0.4) is 0 Å². The smallest absolute Gasteiger partial charge is 0.161 e. The highest BCUT2D eigenvalue weighted by atomic mass is 35.5. The quantitative estimate of drug-likeness (QED) is 0.775. The van der Waals surface area contributed by atoms with Crippen LogP contribution in [0.25, 0.3) is 0 Å². The van der Waals surface area contributed by atoms with Crippen molar-refractivity contribution in [3.63, 3.8) is 0 Å². The summed E-state index contributed by atoms with van der Waals surface area (Å²) in [6.07, 6.45) is 1.70. The number of benzene rings is 2. The van der Waals surface area contributed by atoms with Crippen molar-refractivity contribution in [1.82, 2.24) is 0 Å². The molecule has 0 aliphatic rings. The van der Waals surface area contributed by atoms with Crippen molar-refractivity contribution in [3.05, 3.63) is 72.3 Å². The largest absolute Gasteiger partial charge is 0.490 e. The molecule has 0 unspecified atom stereocenters. The molecule has 0 aromatic heterocycles. The van der Waals surface area contributed by atoms with Crippen LogP contribution in [0.15, 0.2) is 61.2 Å². The molecule has 118 valence electrons. The molecule has 2 N–H and O–H groups in total. The summed E-state index contributed by atoms with van der Waals surface area (Å²) in [7, 11) is 0. The lowest BCUT2D eigenvalue weighted by Crippen LogP contribution is -2.07. The Bertz CT molecular complexity index is 587. The van der Waals surface area contributed by atoms with Crippen molar-refractivity contribution in [3.8, 4) is 11.5 Å². The third kappa shape index (κ3) is 4.79. The Kier molecular flexibility index (Phi) is 7.50. The molecule has 0 saturated carbocycles. The maximum atomic E-state index is 5.96. The van der Waals surface area contributed by atoms with Crippen molar-refractivity contribution in [1.29, 1.82) is 0 Å². The van der Waals surface area contributed by atoms with E-state index in [1.807, 2.05) is 55.5 Å². The average Bonchev–Trinajstić information content (AvgIpc) is 2.54. The summed E-state index contributed by atoms with van der Waals surface area (Å²) >= 11 is 0. The van der Waals surface area contributed by atoms with Crippen LogP contribution < -0.4 is 15.2 Å². The Hall–Kier alpha value is -1.97. The zero-order valence-electron chi connectivity index (χ0n) is 12.7. The minimum absolute atomic E-state index is 0. The molecule has 0 heterocycles. The van der Waals surface area contributed by atoms with Gasteiger partial charge in [-0.2, -0.15) is 0 Å². The molecule has 0 saturated heterocycles. The van der Waals surface area contributed by atoms with Crippen LogP contribution in [0.5, 0.6) is 11.5 Å². The fourth-order valence-corrected chi connectivity index (χ4v) is 1.99. The first-order chi connectivity index (χ1) is 10.2. The Morgan fingerprint density at radius 2 is 1.82 bits per heavy atom. The normalized spacial score (nSPS) is 11.2. The van der Waals surface area contributed by atoms with Crippen molar-refractivity contribution in [2.24, 2.45) is 5.73 Å². The maximum absolute atomic E-state index is 5.96. The first-order valence-corrected chi connectivity index (χ1v) is 7.06. The van der Waals surface area contributed by atoms with Gasteiger partial charge in [-0.25, -0.2) is 0 Å². The third-order valence-corrected chi connectivity index (χ3v) is 3.14. The van der Waals surface area contributed by atoms with E-state index in [1.54, 1.807) is 6.08 Å². The number of hydrogen-bond donors (Lipinski definition) is 1. The monoisotopic (exact) mass is 319 g/mol. The zero-order chi connectivity index (χ0) is 15.1. The number of nitrogens with two attached hydrogens (primary N) is 1. The molecule has 0 spiro atoms. The van der Waals surface area contributed by atoms with E-state index >= 15 is 0 Å². The van der Waals surface area contributed by atoms with Gasteiger partial charge >= 0.3 is 0 Å². The van der Waals surface area contributed by atoms with E-state index in [9.17, 15) is 0 Å². The molecule has 0 bridgehead atoms. The van der Waals surface area contributed by atoms with E-state index < -0.39 is 0 Å².